The minimum absolute atomic E-state index is 0.105. The lowest BCUT2D eigenvalue weighted by atomic mass is 9.68. The van der Waals surface area contributed by atoms with Gasteiger partial charge >= 0.3 is 0 Å². The van der Waals surface area contributed by atoms with Crippen molar-refractivity contribution < 1.29 is 4.79 Å². The van der Waals surface area contributed by atoms with E-state index >= 15 is 0 Å². The van der Waals surface area contributed by atoms with Crippen LogP contribution in [0, 0.1) is 10.8 Å². The van der Waals surface area contributed by atoms with Gasteiger partial charge in [0.15, 0.2) is 0 Å². The van der Waals surface area contributed by atoms with Crippen molar-refractivity contribution in [3.63, 3.8) is 0 Å². The van der Waals surface area contributed by atoms with Crippen LogP contribution in [0.3, 0.4) is 0 Å². The highest BCUT2D eigenvalue weighted by atomic mass is 16.2. The Bertz CT molecular complexity index is 764. The minimum atomic E-state index is 0.105. The molecule has 2 heterocycles. The number of anilines is 2. The highest BCUT2D eigenvalue weighted by molar-refractivity contribution is 5.78. The van der Waals surface area contributed by atoms with Gasteiger partial charge in [0.1, 0.15) is 5.82 Å². The van der Waals surface area contributed by atoms with E-state index in [9.17, 15) is 4.79 Å². The molecule has 1 aromatic heterocycles. The fourth-order valence-corrected chi connectivity index (χ4v) is 4.92. The van der Waals surface area contributed by atoms with Crippen molar-refractivity contribution in [3.05, 3.63) is 17.8 Å². The van der Waals surface area contributed by atoms with Crippen molar-refractivity contribution in [1.29, 1.82) is 0 Å². The van der Waals surface area contributed by atoms with Gasteiger partial charge in [0.05, 0.1) is 12.2 Å². The molecule has 1 saturated heterocycles. The van der Waals surface area contributed by atoms with E-state index in [0.29, 0.717) is 12.5 Å². The number of nitrogens with zero attached hydrogens (tertiary/aromatic N) is 2. The molecule has 0 aromatic carbocycles. The van der Waals surface area contributed by atoms with Crippen molar-refractivity contribution in [1.82, 2.24) is 15.2 Å². The van der Waals surface area contributed by atoms with Gasteiger partial charge in [0.25, 0.3) is 0 Å². The number of rotatable bonds is 7. The highest BCUT2D eigenvalue weighted by Gasteiger charge is 2.38. The molecule has 3 N–H and O–H groups in total. The van der Waals surface area contributed by atoms with Crippen LogP contribution in [0.4, 0.5) is 11.5 Å². The molecule has 2 unspecified atom stereocenters. The van der Waals surface area contributed by atoms with Crippen LogP contribution in [0.2, 0.25) is 0 Å². The van der Waals surface area contributed by atoms with Crippen LogP contribution in [0.15, 0.2) is 12.1 Å². The van der Waals surface area contributed by atoms with Crippen LogP contribution >= 0.6 is 0 Å². The predicted molar refractivity (Wildman–Crippen MR) is 134 cm³/mol. The van der Waals surface area contributed by atoms with Crippen LogP contribution in [0.25, 0.3) is 0 Å². The lowest BCUT2D eigenvalue weighted by Gasteiger charge is -2.42. The van der Waals surface area contributed by atoms with Gasteiger partial charge in [-0.05, 0) is 68.2 Å². The lowest BCUT2D eigenvalue weighted by molar-refractivity contribution is -0.124. The number of pyridine rings is 1. The summed E-state index contributed by atoms with van der Waals surface area (Å²) in [5.74, 6) is 1.45. The number of aromatic nitrogens is 1. The van der Waals surface area contributed by atoms with Crippen molar-refractivity contribution in [2.24, 2.45) is 10.8 Å². The number of nitrogens with one attached hydrogen (secondary N) is 3. The van der Waals surface area contributed by atoms with Crippen molar-refractivity contribution in [2.75, 3.05) is 43.9 Å². The zero-order chi connectivity index (χ0) is 23.4. The first-order valence-corrected chi connectivity index (χ1v) is 12.5. The summed E-state index contributed by atoms with van der Waals surface area (Å²) in [6.45, 7) is 14.8. The van der Waals surface area contributed by atoms with Gasteiger partial charge in [-0.2, -0.15) is 0 Å². The maximum Gasteiger partial charge on any atom is 0.234 e. The van der Waals surface area contributed by atoms with E-state index in [0.717, 1.165) is 56.1 Å². The fourth-order valence-electron chi connectivity index (χ4n) is 4.92. The Balaban J connectivity index is 1.65. The normalized spacial score (nSPS) is 24.1. The first-order chi connectivity index (χ1) is 15.1. The monoisotopic (exact) mass is 443 g/mol. The summed E-state index contributed by atoms with van der Waals surface area (Å²) in [6, 6.07) is 4.50. The average Bonchev–Trinajstić information content (AvgIpc) is 2.73. The number of hydrogen-bond donors (Lipinski definition) is 3. The zero-order valence-corrected chi connectivity index (χ0v) is 21.2. The molecule has 0 spiro atoms. The molecule has 1 aliphatic carbocycles. The standard InChI is InChI=1S/C26H45N5O/c1-25(2,3)18-28-21-11-10-20(29-24(21)27-6)19-12-13-26(4,5)22(16-19)30-23(32)17-31-14-8-7-9-15-31/h10-11,19,22,28H,7-9,12-18H2,1-6H3,(H,27,29)(H,30,32). The summed E-state index contributed by atoms with van der Waals surface area (Å²) in [7, 11) is 1.93. The second kappa shape index (κ2) is 10.4. The number of likely N-dealkylation sites (tertiary alicyclic amines) is 1. The van der Waals surface area contributed by atoms with Crippen LogP contribution in [0.5, 0.6) is 0 Å². The number of carbonyl (C=O) groups is 1. The molecule has 32 heavy (non-hydrogen) atoms. The molecule has 2 atom stereocenters. The molecule has 1 saturated carbocycles. The van der Waals surface area contributed by atoms with Gasteiger partial charge in [-0.25, -0.2) is 4.98 Å². The summed E-state index contributed by atoms with van der Waals surface area (Å²) >= 11 is 0. The van der Waals surface area contributed by atoms with Gasteiger partial charge in [-0.15, -0.1) is 0 Å². The number of hydrogen-bond acceptors (Lipinski definition) is 5. The molecule has 0 bridgehead atoms. The van der Waals surface area contributed by atoms with Crippen molar-refractivity contribution >= 4 is 17.4 Å². The second-order valence-corrected chi connectivity index (χ2v) is 11.7. The molecule has 2 fully saturated rings. The maximum absolute atomic E-state index is 12.8. The topological polar surface area (TPSA) is 69.3 Å². The van der Waals surface area contributed by atoms with E-state index in [1.54, 1.807) is 0 Å². The molecule has 6 nitrogen and oxygen atoms in total. The molecule has 0 radical (unpaired) electrons. The van der Waals surface area contributed by atoms with Crippen LogP contribution in [-0.4, -0.2) is 55.1 Å². The smallest absolute Gasteiger partial charge is 0.234 e. The molecular weight excluding hydrogens is 398 g/mol. The minimum Gasteiger partial charge on any atom is -0.382 e. The molecule has 2 aliphatic rings. The van der Waals surface area contributed by atoms with Gasteiger partial charge in [-0.3, -0.25) is 9.69 Å². The molecule has 3 rings (SSSR count). The van der Waals surface area contributed by atoms with Crippen molar-refractivity contribution in [3.8, 4) is 0 Å². The number of carbonyl (C=O) groups excluding carboxylic acids is 1. The zero-order valence-electron chi connectivity index (χ0n) is 21.2. The Morgan fingerprint density at radius 1 is 1.19 bits per heavy atom. The Morgan fingerprint density at radius 3 is 2.56 bits per heavy atom. The Morgan fingerprint density at radius 2 is 1.91 bits per heavy atom. The number of amides is 1. The van der Waals surface area contributed by atoms with Gasteiger partial charge in [-0.1, -0.05) is 41.0 Å². The van der Waals surface area contributed by atoms with Gasteiger partial charge in [0, 0.05) is 31.2 Å². The molecule has 1 aromatic rings. The Kier molecular flexibility index (Phi) is 8.07. The van der Waals surface area contributed by atoms with E-state index in [1.807, 2.05) is 7.05 Å². The van der Waals surface area contributed by atoms with Crippen LogP contribution in [0.1, 0.15) is 84.8 Å². The van der Waals surface area contributed by atoms with E-state index in [2.05, 4.69) is 67.6 Å². The quantitative estimate of drug-likeness (QED) is 0.562. The summed E-state index contributed by atoms with van der Waals surface area (Å²) in [4.78, 5) is 20.1. The predicted octanol–water partition coefficient (Wildman–Crippen LogP) is 4.85. The Hall–Kier alpha value is -1.82. The second-order valence-electron chi connectivity index (χ2n) is 11.7. The molecular formula is C26H45N5O. The van der Waals surface area contributed by atoms with Gasteiger partial charge in [0.2, 0.25) is 5.91 Å². The Labute approximate surface area is 195 Å². The van der Waals surface area contributed by atoms with Crippen LogP contribution in [-0.2, 0) is 4.79 Å². The molecule has 1 amide bonds. The number of piperidine rings is 1. The van der Waals surface area contributed by atoms with E-state index < -0.39 is 0 Å². The van der Waals surface area contributed by atoms with E-state index in [1.165, 1.54) is 19.3 Å². The molecule has 180 valence electrons. The van der Waals surface area contributed by atoms with Crippen molar-refractivity contribution in [2.45, 2.75) is 85.1 Å². The summed E-state index contributed by atoms with van der Waals surface area (Å²) in [5, 5.41) is 10.2. The highest BCUT2D eigenvalue weighted by Crippen LogP contribution is 2.43. The fraction of sp³-hybridized carbons (Fsp3) is 0.769. The third kappa shape index (κ3) is 6.84. The molecule has 6 heteroatoms. The third-order valence-corrected chi connectivity index (χ3v) is 7.13. The molecule has 1 aliphatic heterocycles. The van der Waals surface area contributed by atoms with Gasteiger partial charge < -0.3 is 16.0 Å². The largest absolute Gasteiger partial charge is 0.382 e. The third-order valence-electron chi connectivity index (χ3n) is 7.13. The summed E-state index contributed by atoms with van der Waals surface area (Å²) in [6.07, 6.45) is 6.86. The summed E-state index contributed by atoms with van der Waals surface area (Å²) < 4.78 is 0. The van der Waals surface area contributed by atoms with Crippen LogP contribution < -0.4 is 16.0 Å². The SMILES string of the molecule is CNc1nc(C2CCC(C)(C)C(NC(=O)CN3CCCCC3)C2)ccc1NCC(C)(C)C. The lowest BCUT2D eigenvalue weighted by Crippen LogP contribution is -2.51. The summed E-state index contributed by atoms with van der Waals surface area (Å²) in [5.41, 5.74) is 2.49. The van der Waals surface area contributed by atoms with E-state index in [-0.39, 0.29) is 22.8 Å². The van der Waals surface area contributed by atoms with E-state index in [4.69, 9.17) is 4.98 Å². The maximum atomic E-state index is 12.8. The first kappa shape index (κ1) is 24.8. The first-order valence-electron chi connectivity index (χ1n) is 12.5. The average molecular weight is 444 g/mol.